The summed E-state index contributed by atoms with van der Waals surface area (Å²) >= 11 is 0. The summed E-state index contributed by atoms with van der Waals surface area (Å²) in [6, 6.07) is 4.96. The first-order chi connectivity index (χ1) is 8.38. The van der Waals surface area contributed by atoms with Gasteiger partial charge in [0.1, 0.15) is 0 Å². The Morgan fingerprint density at radius 1 is 1.33 bits per heavy atom. The molecule has 18 heavy (non-hydrogen) atoms. The Morgan fingerprint density at radius 2 is 2.06 bits per heavy atom. The summed E-state index contributed by atoms with van der Waals surface area (Å²) in [5, 5.41) is 0. The highest BCUT2D eigenvalue weighted by atomic mass is 32.2. The summed E-state index contributed by atoms with van der Waals surface area (Å²) in [5.74, 6) is -0.434. The van der Waals surface area contributed by atoms with Gasteiger partial charge in [-0.25, -0.2) is 4.18 Å². The second-order valence-electron chi connectivity index (χ2n) is 4.28. The van der Waals surface area contributed by atoms with E-state index < -0.39 is 22.4 Å². The highest BCUT2D eigenvalue weighted by Gasteiger charge is 2.30. The Kier molecular flexibility index (Phi) is 3.41. The van der Waals surface area contributed by atoms with E-state index >= 15 is 0 Å². The highest BCUT2D eigenvalue weighted by Crippen LogP contribution is 2.24. The molecule has 0 amide bonds. The van der Waals surface area contributed by atoms with Crippen LogP contribution in [-0.4, -0.2) is 20.7 Å². The minimum atomic E-state index is -3.89. The third kappa shape index (κ3) is 2.70. The fourth-order valence-electron chi connectivity index (χ4n) is 1.84. The Hall–Kier alpha value is -1.40. The largest absolute Gasteiger partial charge is 0.434 e. The first-order valence-electron chi connectivity index (χ1n) is 5.58. The quantitative estimate of drug-likeness (QED) is 0.617. The molecular formula is C12H14O5S. The van der Waals surface area contributed by atoms with Gasteiger partial charge in [-0.1, -0.05) is 17.7 Å². The van der Waals surface area contributed by atoms with Gasteiger partial charge in [-0.05, 0) is 25.5 Å². The van der Waals surface area contributed by atoms with Gasteiger partial charge in [0, 0.05) is 6.42 Å². The number of hydrogen-bond donors (Lipinski definition) is 0. The molecule has 1 heterocycles. The van der Waals surface area contributed by atoms with Crippen LogP contribution in [0.5, 0.6) is 0 Å². The van der Waals surface area contributed by atoms with Gasteiger partial charge < -0.3 is 4.74 Å². The summed E-state index contributed by atoms with van der Waals surface area (Å²) in [6.07, 6.45) is -0.543. The Labute approximate surface area is 106 Å². The number of aryl methyl sites for hydroxylation is 2. The zero-order valence-electron chi connectivity index (χ0n) is 10.2. The third-order valence-electron chi connectivity index (χ3n) is 2.68. The van der Waals surface area contributed by atoms with E-state index in [1.165, 1.54) is 6.07 Å². The average Bonchev–Trinajstić information content (AvgIpc) is 2.62. The maximum Gasteiger partial charge on any atom is 0.308 e. The van der Waals surface area contributed by atoms with Crippen LogP contribution >= 0.6 is 0 Å². The number of rotatable bonds is 3. The van der Waals surface area contributed by atoms with Gasteiger partial charge in [0.25, 0.3) is 0 Å². The summed E-state index contributed by atoms with van der Waals surface area (Å²) in [7, 11) is -3.89. The van der Waals surface area contributed by atoms with E-state index in [9.17, 15) is 13.2 Å². The molecule has 0 bridgehead atoms. The van der Waals surface area contributed by atoms with E-state index in [-0.39, 0.29) is 17.7 Å². The molecule has 6 heteroatoms. The van der Waals surface area contributed by atoms with Gasteiger partial charge in [-0.3, -0.25) is 4.79 Å². The molecule has 1 fully saturated rings. The molecule has 1 aliphatic heterocycles. The summed E-state index contributed by atoms with van der Waals surface area (Å²) < 4.78 is 33.7. The van der Waals surface area contributed by atoms with Gasteiger partial charge in [0.15, 0.2) is 0 Å². The monoisotopic (exact) mass is 270 g/mol. The maximum absolute atomic E-state index is 12.0. The molecule has 1 aromatic carbocycles. The van der Waals surface area contributed by atoms with Crippen molar-refractivity contribution in [2.75, 3.05) is 0 Å². The molecule has 0 radical (unpaired) electrons. The highest BCUT2D eigenvalue weighted by molar-refractivity contribution is 7.86. The Morgan fingerprint density at radius 3 is 2.61 bits per heavy atom. The van der Waals surface area contributed by atoms with Crippen LogP contribution in [0.15, 0.2) is 23.1 Å². The molecule has 0 saturated carbocycles. The van der Waals surface area contributed by atoms with Crippen LogP contribution in [0, 0.1) is 13.8 Å². The van der Waals surface area contributed by atoms with Crippen molar-refractivity contribution in [3.8, 4) is 0 Å². The van der Waals surface area contributed by atoms with E-state index in [1.807, 2.05) is 6.92 Å². The zero-order chi connectivity index (χ0) is 13.3. The van der Waals surface area contributed by atoms with Gasteiger partial charge in [-0.2, -0.15) is 8.42 Å². The van der Waals surface area contributed by atoms with Crippen molar-refractivity contribution in [3.63, 3.8) is 0 Å². The number of esters is 1. The van der Waals surface area contributed by atoms with E-state index in [0.29, 0.717) is 5.56 Å². The number of hydrogen-bond acceptors (Lipinski definition) is 5. The fraction of sp³-hybridized carbons (Fsp3) is 0.417. The number of ether oxygens (including phenoxy) is 1. The van der Waals surface area contributed by atoms with E-state index in [2.05, 4.69) is 0 Å². The number of benzene rings is 1. The Bertz CT molecular complexity index is 576. The standard InChI is InChI=1S/C12H14O5S/c1-8-3-4-10(9(2)7-8)18(14,15)17-12-6-5-11(13)16-12/h3-4,7,12H,5-6H2,1-2H3/t12-/m0/s1. The fourth-order valence-corrected chi connectivity index (χ4v) is 3.05. The molecule has 1 atom stereocenters. The van der Waals surface area contributed by atoms with Crippen LogP contribution in [0.3, 0.4) is 0 Å². The molecule has 98 valence electrons. The van der Waals surface area contributed by atoms with Crippen LogP contribution < -0.4 is 0 Å². The lowest BCUT2D eigenvalue weighted by Gasteiger charge is -2.12. The molecule has 0 aromatic heterocycles. The van der Waals surface area contributed by atoms with Gasteiger partial charge in [-0.15, -0.1) is 0 Å². The average molecular weight is 270 g/mol. The van der Waals surface area contributed by atoms with Crippen molar-refractivity contribution in [2.45, 2.75) is 37.9 Å². The smallest absolute Gasteiger partial charge is 0.308 e. The molecular weight excluding hydrogens is 256 g/mol. The van der Waals surface area contributed by atoms with E-state index in [1.54, 1.807) is 19.1 Å². The second-order valence-corrected chi connectivity index (χ2v) is 5.82. The maximum atomic E-state index is 12.0. The van der Waals surface area contributed by atoms with Crippen molar-refractivity contribution in [1.29, 1.82) is 0 Å². The lowest BCUT2D eigenvalue weighted by atomic mass is 10.2. The number of carbonyl (C=O) groups excluding carboxylic acids is 1. The predicted octanol–water partition coefficient (Wildman–Crippen LogP) is 1.67. The van der Waals surface area contributed by atoms with E-state index in [0.717, 1.165) is 5.56 Å². The molecule has 5 nitrogen and oxygen atoms in total. The van der Waals surface area contributed by atoms with Gasteiger partial charge in [0.05, 0.1) is 11.3 Å². The molecule has 0 N–H and O–H groups in total. The molecule has 0 aliphatic carbocycles. The lowest BCUT2D eigenvalue weighted by Crippen LogP contribution is -2.18. The molecule has 1 aromatic rings. The summed E-state index contributed by atoms with van der Waals surface area (Å²) in [6.45, 7) is 3.58. The molecule has 1 aliphatic rings. The van der Waals surface area contributed by atoms with Crippen molar-refractivity contribution in [3.05, 3.63) is 29.3 Å². The van der Waals surface area contributed by atoms with Crippen molar-refractivity contribution < 1.29 is 22.1 Å². The number of cyclic esters (lactones) is 1. The minimum absolute atomic E-state index is 0.107. The van der Waals surface area contributed by atoms with Crippen LogP contribution in [-0.2, 0) is 23.8 Å². The molecule has 0 spiro atoms. The SMILES string of the molecule is Cc1ccc(S(=O)(=O)O[C@H]2CCC(=O)O2)c(C)c1. The van der Waals surface area contributed by atoms with Crippen LogP contribution in [0.2, 0.25) is 0 Å². The zero-order valence-corrected chi connectivity index (χ0v) is 11.0. The first-order valence-corrected chi connectivity index (χ1v) is 6.99. The minimum Gasteiger partial charge on any atom is -0.434 e. The molecule has 0 unspecified atom stereocenters. The van der Waals surface area contributed by atoms with Crippen molar-refractivity contribution >= 4 is 16.1 Å². The van der Waals surface area contributed by atoms with Crippen LogP contribution in [0.25, 0.3) is 0 Å². The van der Waals surface area contributed by atoms with Crippen molar-refractivity contribution in [2.24, 2.45) is 0 Å². The lowest BCUT2D eigenvalue weighted by molar-refractivity contribution is -0.150. The summed E-state index contributed by atoms with van der Waals surface area (Å²) in [5.41, 5.74) is 1.58. The normalized spacial score (nSPS) is 19.9. The van der Waals surface area contributed by atoms with Gasteiger partial charge in [0.2, 0.25) is 6.29 Å². The Balaban J connectivity index is 2.23. The van der Waals surface area contributed by atoms with E-state index in [4.69, 9.17) is 8.92 Å². The van der Waals surface area contributed by atoms with Crippen molar-refractivity contribution in [1.82, 2.24) is 0 Å². The number of carbonyl (C=O) groups is 1. The topological polar surface area (TPSA) is 69.7 Å². The third-order valence-corrected chi connectivity index (χ3v) is 4.15. The first kappa shape index (κ1) is 13.0. The predicted molar refractivity (Wildman–Crippen MR) is 63.3 cm³/mol. The molecule has 1 saturated heterocycles. The van der Waals surface area contributed by atoms with Crippen LogP contribution in [0.4, 0.5) is 0 Å². The second kappa shape index (κ2) is 4.70. The molecule has 2 rings (SSSR count). The van der Waals surface area contributed by atoms with Crippen LogP contribution in [0.1, 0.15) is 24.0 Å². The van der Waals surface area contributed by atoms with Gasteiger partial charge >= 0.3 is 16.1 Å². The summed E-state index contributed by atoms with van der Waals surface area (Å²) in [4.78, 5) is 11.0.